The molecule has 2 rings (SSSR count). The van der Waals surface area contributed by atoms with Gasteiger partial charge in [0.2, 0.25) is 0 Å². The van der Waals surface area contributed by atoms with Gasteiger partial charge in [0, 0.05) is 5.02 Å². The van der Waals surface area contributed by atoms with Crippen LogP contribution in [0.3, 0.4) is 0 Å². The summed E-state index contributed by atoms with van der Waals surface area (Å²) in [6, 6.07) is 9.47. The van der Waals surface area contributed by atoms with E-state index in [1.807, 2.05) is 4.83 Å². The Morgan fingerprint density at radius 1 is 1.10 bits per heavy atom. The quantitative estimate of drug-likeness (QED) is 0.680. The highest BCUT2D eigenvalue weighted by Crippen LogP contribution is 2.24. The van der Waals surface area contributed by atoms with E-state index in [-0.39, 0.29) is 14.9 Å². The number of hydrazone groups is 1. The molecule has 0 saturated carbocycles. The van der Waals surface area contributed by atoms with Gasteiger partial charge < -0.3 is 0 Å². The third kappa shape index (κ3) is 4.17. The Labute approximate surface area is 131 Å². The van der Waals surface area contributed by atoms with Crippen molar-refractivity contribution < 1.29 is 12.8 Å². The van der Waals surface area contributed by atoms with Gasteiger partial charge >= 0.3 is 0 Å². The van der Waals surface area contributed by atoms with Crippen LogP contribution in [-0.2, 0) is 10.0 Å². The first-order valence-corrected chi connectivity index (χ1v) is 7.88. The van der Waals surface area contributed by atoms with Crippen LogP contribution in [0.2, 0.25) is 10.0 Å². The fraction of sp³-hybridized carbons (Fsp3) is 0. The van der Waals surface area contributed by atoms with Crippen molar-refractivity contribution in [2.45, 2.75) is 4.90 Å². The highest BCUT2D eigenvalue weighted by molar-refractivity contribution is 7.89. The van der Waals surface area contributed by atoms with Gasteiger partial charge in [0.05, 0.1) is 11.2 Å². The van der Waals surface area contributed by atoms with Crippen LogP contribution in [-0.4, -0.2) is 14.6 Å². The van der Waals surface area contributed by atoms with E-state index in [0.717, 1.165) is 0 Å². The first-order chi connectivity index (χ1) is 9.88. The molecule has 0 amide bonds. The Kier molecular flexibility index (Phi) is 4.82. The van der Waals surface area contributed by atoms with Gasteiger partial charge in [-0.05, 0) is 35.9 Å². The summed E-state index contributed by atoms with van der Waals surface area (Å²) in [5, 5.41) is 3.87. The Morgan fingerprint density at radius 2 is 1.76 bits per heavy atom. The molecule has 0 unspecified atom stereocenters. The topological polar surface area (TPSA) is 58.5 Å². The molecule has 0 saturated heterocycles. The van der Waals surface area contributed by atoms with Gasteiger partial charge in [0.15, 0.2) is 0 Å². The predicted molar refractivity (Wildman–Crippen MR) is 80.8 cm³/mol. The van der Waals surface area contributed by atoms with Gasteiger partial charge in [-0.15, -0.1) is 0 Å². The summed E-state index contributed by atoms with van der Waals surface area (Å²) in [7, 11) is -3.93. The second-order valence-electron chi connectivity index (χ2n) is 3.98. The Hall–Kier alpha value is -1.63. The number of hydrogen-bond acceptors (Lipinski definition) is 3. The summed E-state index contributed by atoms with van der Waals surface area (Å²) >= 11 is 11.6. The minimum absolute atomic E-state index is 0.0314. The number of sulfonamides is 1. The van der Waals surface area contributed by atoms with E-state index in [9.17, 15) is 12.8 Å². The highest BCUT2D eigenvalue weighted by atomic mass is 35.5. The van der Waals surface area contributed by atoms with Crippen molar-refractivity contribution >= 4 is 39.4 Å². The summed E-state index contributed by atoms with van der Waals surface area (Å²) in [6.07, 6.45) is 1.25. The van der Waals surface area contributed by atoms with Crippen molar-refractivity contribution in [1.29, 1.82) is 0 Å². The minimum atomic E-state index is -3.93. The van der Waals surface area contributed by atoms with E-state index in [1.54, 1.807) is 0 Å². The maximum Gasteiger partial charge on any atom is 0.278 e. The molecule has 0 fully saturated rings. The fourth-order valence-corrected chi connectivity index (χ4v) is 3.01. The molecule has 21 heavy (non-hydrogen) atoms. The van der Waals surface area contributed by atoms with Crippen LogP contribution in [0.15, 0.2) is 52.5 Å². The number of nitrogens with one attached hydrogen (secondary N) is 1. The van der Waals surface area contributed by atoms with E-state index in [2.05, 4.69) is 5.10 Å². The average Bonchev–Trinajstić information content (AvgIpc) is 2.43. The van der Waals surface area contributed by atoms with Crippen LogP contribution >= 0.6 is 23.2 Å². The monoisotopic (exact) mass is 346 g/mol. The van der Waals surface area contributed by atoms with E-state index < -0.39 is 15.8 Å². The molecule has 0 aliphatic carbocycles. The van der Waals surface area contributed by atoms with E-state index in [1.165, 1.54) is 48.7 Å². The molecule has 4 nitrogen and oxygen atoms in total. The molecule has 0 spiro atoms. The molecule has 0 heterocycles. The van der Waals surface area contributed by atoms with Gasteiger partial charge in [-0.25, -0.2) is 9.22 Å². The van der Waals surface area contributed by atoms with Crippen LogP contribution < -0.4 is 4.83 Å². The summed E-state index contributed by atoms with van der Waals surface area (Å²) in [5.41, 5.74) is 0.538. The summed E-state index contributed by atoms with van der Waals surface area (Å²) in [6.45, 7) is 0. The number of benzene rings is 2. The largest absolute Gasteiger partial charge is 0.278 e. The molecule has 110 valence electrons. The Morgan fingerprint density at radius 3 is 2.43 bits per heavy atom. The summed E-state index contributed by atoms with van der Waals surface area (Å²) < 4.78 is 36.8. The summed E-state index contributed by atoms with van der Waals surface area (Å²) in [5.74, 6) is -0.390. The lowest BCUT2D eigenvalue weighted by Gasteiger charge is -2.05. The zero-order chi connectivity index (χ0) is 15.5. The van der Waals surface area contributed by atoms with Gasteiger partial charge in [-0.3, -0.25) is 0 Å². The highest BCUT2D eigenvalue weighted by Gasteiger charge is 2.17. The van der Waals surface area contributed by atoms with E-state index in [0.29, 0.717) is 5.56 Å². The molecule has 2 aromatic carbocycles. The van der Waals surface area contributed by atoms with E-state index >= 15 is 0 Å². The predicted octanol–water partition coefficient (Wildman–Crippen LogP) is 3.44. The lowest BCUT2D eigenvalue weighted by atomic mass is 10.2. The van der Waals surface area contributed by atoms with Crippen molar-refractivity contribution in [3.63, 3.8) is 0 Å². The molecule has 0 aromatic heterocycles. The molecule has 0 bridgehead atoms. The van der Waals surface area contributed by atoms with Gasteiger partial charge in [-0.2, -0.15) is 13.5 Å². The lowest BCUT2D eigenvalue weighted by Crippen LogP contribution is -2.18. The van der Waals surface area contributed by atoms with E-state index in [4.69, 9.17) is 23.2 Å². The van der Waals surface area contributed by atoms with Gasteiger partial charge in [-0.1, -0.05) is 35.3 Å². The van der Waals surface area contributed by atoms with Crippen LogP contribution in [0.5, 0.6) is 0 Å². The van der Waals surface area contributed by atoms with Crippen LogP contribution in [0.25, 0.3) is 0 Å². The van der Waals surface area contributed by atoms with Crippen LogP contribution in [0, 0.1) is 5.82 Å². The molecule has 1 N–H and O–H groups in total. The SMILES string of the molecule is O=S(=O)(N/N=C/c1ccc(F)cc1)c1cc(Cl)ccc1Cl. The molecule has 2 aromatic rings. The molecule has 0 atom stereocenters. The van der Waals surface area contributed by atoms with Crippen molar-refractivity contribution in [2.24, 2.45) is 5.10 Å². The lowest BCUT2D eigenvalue weighted by molar-refractivity contribution is 0.584. The second-order valence-corrected chi connectivity index (χ2v) is 6.45. The molecule has 0 aliphatic rings. The van der Waals surface area contributed by atoms with Crippen LogP contribution in [0.1, 0.15) is 5.56 Å². The second kappa shape index (κ2) is 6.43. The average molecular weight is 347 g/mol. The number of hydrogen-bond donors (Lipinski definition) is 1. The van der Waals surface area contributed by atoms with Crippen molar-refractivity contribution in [2.75, 3.05) is 0 Å². The molecular formula is C13H9Cl2FN2O2S. The molecule has 8 heteroatoms. The first-order valence-electron chi connectivity index (χ1n) is 5.64. The Balaban J connectivity index is 2.18. The maximum atomic E-state index is 12.7. The van der Waals surface area contributed by atoms with Crippen molar-refractivity contribution in [1.82, 2.24) is 4.83 Å². The first kappa shape index (κ1) is 15.8. The van der Waals surface area contributed by atoms with Gasteiger partial charge in [0.1, 0.15) is 10.7 Å². The smallest absolute Gasteiger partial charge is 0.207 e. The molecule has 0 aliphatic heterocycles. The third-order valence-corrected chi connectivity index (χ3v) is 4.38. The molecule has 0 radical (unpaired) electrons. The normalized spacial score (nSPS) is 11.8. The standard InChI is InChI=1S/C13H9Cl2FN2O2S/c14-10-3-6-12(15)13(7-10)21(19,20)18-17-8-9-1-4-11(16)5-2-9/h1-8,18H/b17-8+. The number of halogens is 3. The maximum absolute atomic E-state index is 12.7. The van der Waals surface area contributed by atoms with Gasteiger partial charge in [0.25, 0.3) is 10.0 Å². The minimum Gasteiger partial charge on any atom is -0.207 e. The third-order valence-electron chi connectivity index (χ3n) is 2.44. The Bertz CT molecular complexity index is 777. The fourth-order valence-electron chi connectivity index (χ4n) is 1.45. The molecular weight excluding hydrogens is 338 g/mol. The zero-order valence-corrected chi connectivity index (χ0v) is 12.8. The number of rotatable bonds is 4. The summed E-state index contributed by atoms with van der Waals surface area (Å²) in [4.78, 5) is 1.84. The van der Waals surface area contributed by atoms with Crippen LogP contribution in [0.4, 0.5) is 4.39 Å². The van der Waals surface area contributed by atoms with Crippen molar-refractivity contribution in [3.8, 4) is 0 Å². The number of nitrogens with zero attached hydrogens (tertiary/aromatic N) is 1. The van der Waals surface area contributed by atoms with Crippen molar-refractivity contribution in [3.05, 3.63) is 63.9 Å². The zero-order valence-electron chi connectivity index (χ0n) is 10.4.